The van der Waals surface area contributed by atoms with Gasteiger partial charge < -0.3 is 10.1 Å². The van der Waals surface area contributed by atoms with Crippen LogP contribution in [0.4, 0.5) is 10.1 Å². The fourth-order valence-electron chi connectivity index (χ4n) is 2.93. The van der Waals surface area contributed by atoms with Crippen molar-refractivity contribution < 1.29 is 13.9 Å². The molecule has 0 amide bonds. The number of halogens is 1. The molecule has 0 aliphatic carbocycles. The lowest BCUT2D eigenvalue weighted by Gasteiger charge is -2.20. The highest BCUT2D eigenvalue weighted by Gasteiger charge is 2.25. The van der Waals surface area contributed by atoms with Crippen molar-refractivity contribution in [2.24, 2.45) is 0 Å². The second-order valence-corrected chi connectivity index (χ2v) is 5.61. The highest BCUT2D eigenvalue weighted by Crippen LogP contribution is 2.42. The molecule has 4 heteroatoms. The van der Waals surface area contributed by atoms with E-state index in [-0.39, 0.29) is 0 Å². The van der Waals surface area contributed by atoms with Crippen LogP contribution in [0, 0.1) is 5.82 Å². The Kier molecular flexibility index (Phi) is 3.50. The molecular weight excluding hydrogens is 305 g/mol. The number of carbonyl (C=O) groups is 1. The first-order valence-corrected chi connectivity index (χ1v) is 7.63. The summed E-state index contributed by atoms with van der Waals surface area (Å²) in [5, 5.41) is 3.36. The van der Waals surface area contributed by atoms with Gasteiger partial charge in [0.1, 0.15) is 17.9 Å². The Morgan fingerprint density at radius 2 is 1.67 bits per heavy atom. The zero-order chi connectivity index (χ0) is 16.5. The Balaban J connectivity index is 1.89. The summed E-state index contributed by atoms with van der Waals surface area (Å²) >= 11 is 0. The molecule has 118 valence electrons. The van der Waals surface area contributed by atoms with E-state index in [1.807, 2.05) is 48.5 Å². The van der Waals surface area contributed by atoms with Crippen LogP contribution in [0.1, 0.15) is 27.5 Å². The van der Waals surface area contributed by atoms with Crippen LogP contribution in [0.5, 0.6) is 11.5 Å². The number of fused-ring (bicyclic) bond motifs is 2. The van der Waals surface area contributed by atoms with Crippen molar-refractivity contribution in [3.05, 3.63) is 89.2 Å². The number of aldehydes is 1. The van der Waals surface area contributed by atoms with Gasteiger partial charge in [0.15, 0.2) is 5.75 Å². The highest BCUT2D eigenvalue weighted by atomic mass is 19.1. The Morgan fingerprint density at radius 1 is 0.917 bits per heavy atom. The molecule has 1 aliphatic rings. The summed E-state index contributed by atoms with van der Waals surface area (Å²) in [6.07, 6.45) is 0.639. The summed E-state index contributed by atoms with van der Waals surface area (Å²) in [6.45, 7) is 0. The molecule has 1 unspecified atom stereocenters. The first-order valence-electron chi connectivity index (χ1n) is 7.63. The van der Waals surface area contributed by atoms with Crippen LogP contribution in [-0.2, 0) is 0 Å². The number of para-hydroxylation sites is 3. The average Bonchev–Trinajstić information content (AvgIpc) is 2.78. The summed E-state index contributed by atoms with van der Waals surface area (Å²) in [7, 11) is 0. The third kappa shape index (κ3) is 2.42. The van der Waals surface area contributed by atoms with Gasteiger partial charge in [0.25, 0.3) is 0 Å². The number of nitrogens with one attached hydrogen (secondary N) is 1. The van der Waals surface area contributed by atoms with E-state index in [1.54, 1.807) is 12.1 Å². The topological polar surface area (TPSA) is 38.3 Å². The van der Waals surface area contributed by atoms with Crippen molar-refractivity contribution in [1.82, 2.24) is 0 Å². The normalized spacial score (nSPS) is 15.3. The minimum atomic E-state index is -0.425. The van der Waals surface area contributed by atoms with Gasteiger partial charge in [0, 0.05) is 16.7 Å². The molecular formula is C20H14FNO2. The molecule has 3 aromatic rings. The molecule has 0 bridgehead atoms. The molecule has 3 aromatic carbocycles. The average molecular weight is 319 g/mol. The van der Waals surface area contributed by atoms with Gasteiger partial charge in [0.05, 0.1) is 11.7 Å². The number of hydrogen-bond acceptors (Lipinski definition) is 3. The van der Waals surface area contributed by atoms with E-state index in [2.05, 4.69) is 5.32 Å². The van der Waals surface area contributed by atoms with Crippen molar-refractivity contribution in [2.75, 3.05) is 5.32 Å². The fourth-order valence-corrected chi connectivity index (χ4v) is 2.93. The predicted octanol–water partition coefficient (Wildman–Crippen LogP) is 4.95. The SMILES string of the molecule is O=Cc1ccc(C2Nc3ccccc3Oc3ccccc32)c(F)c1. The third-order valence-corrected chi connectivity index (χ3v) is 4.11. The molecule has 0 spiro atoms. The van der Waals surface area contributed by atoms with Gasteiger partial charge in [-0.2, -0.15) is 0 Å². The van der Waals surface area contributed by atoms with Gasteiger partial charge in [0.2, 0.25) is 0 Å². The second kappa shape index (κ2) is 5.81. The first-order chi connectivity index (χ1) is 11.8. The molecule has 0 saturated heterocycles. The summed E-state index contributed by atoms with van der Waals surface area (Å²) in [4.78, 5) is 10.9. The molecule has 0 fully saturated rings. The minimum Gasteiger partial charge on any atom is -0.455 e. The maximum absolute atomic E-state index is 14.6. The summed E-state index contributed by atoms with van der Waals surface area (Å²) in [5.74, 6) is 0.947. The van der Waals surface area contributed by atoms with E-state index < -0.39 is 11.9 Å². The van der Waals surface area contributed by atoms with E-state index in [9.17, 15) is 9.18 Å². The van der Waals surface area contributed by atoms with Gasteiger partial charge in [-0.1, -0.05) is 42.5 Å². The molecule has 3 nitrogen and oxygen atoms in total. The zero-order valence-corrected chi connectivity index (χ0v) is 12.7. The monoisotopic (exact) mass is 319 g/mol. The lowest BCUT2D eigenvalue weighted by atomic mass is 9.96. The van der Waals surface area contributed by atoms with E-state index in [1.165, 1.54) is 6.07 Å². The quantitative estimate of drug-likeness (QED) is 0.680. The van der Waals surface area contributed by atoms with Gasteiger partial charge in [-0.3, -0.25) is 4.79 Å². The van der Waals surface area contributed by atoms with Crippen LogP contribution in [0.3, 0.4) is 0 Å². The van der Waals surface area contributed by atoms with Crippen LogP contribution in [0.25, 0.3) is 0 Å². The van der Waals surface area contributed by atoms with Crippen LogP contribution in [-0.4, -0.2) is 6.29 Å². The number of hydrogen-bond donors (Lipinski definition) is 1. The lowest BCUT2D eigenvalue weighted by Crippen LogP contribution is -2.13. The van der Waals surface area contributed by atoms with E-state index in [4.69, 9.17) is 4.74 Å². The molecule has 1 heterocycles. The van der Waals surface area contributed by atoms with Gasteiger partial charge >= 0.3 is 0 Å². The smallest absolute Gasteiger partial charge is 0.150 e. The number of rotatable bonds is 2. The van der Waals surface area contributed by atoms with Gasteiger partial charge in [-0.25, -0.2) is 4.39 Å². The van der Waals surface area contributed by atoms with Gasteiger partial charge in [-0.15, -0.1) is 0 Å². The molecule has 1 N–H and O–H groups in total. The van der Waals surface area contributed by atoms with E-state index in [0.717, 1.165) is 11.3 Å². The van der Waals surface area contributed by atoms with Crippen LogP contribution >= 0.6 is 0 Å². The number of benzene rings is 3. The maximum Gasteiger partial charge on any atom is 0.150 e. The third-order valence-electron chi connectivity index (χ3n) is 4.11. The summed E-state index contributed by atoms with van der Waals surface area (Å²) < 4.78 is 20.6. The van der Waals surface area contributed by atoms with Crippen LogP contribution < -0.4 is 10.1 Å². The highest BCUT2D eigenvalue weighted by molar-refractivity contribution is 5.75. The largest absolute Gasteiger partial charge is 0.455 e. The fraction of sp³-hybridized carbons (Fsp3) is 0.0500. The summed E-state index contributed by atoms with van der Waals surface area (Å²) in [5.41, 5.74) is 2.41. The molecule has 24 heavy (non-hydrogen) atoms. The molecule has 0 aromatic heterocycles. The van der Waals surface area contributed by atoms with Gasteiger partial charge in [-0.05, 0) is 24.3 Å². The number of carbonyl (C=O) groups excluding carboxylic acids is 1. The standard InChI is InChI=1S/C20H14FNO2/c21-16-11-13(12-23)9-10-14(16)20-15-5-1-3-7-18(15)24-19-8-4-2-6-17(19)22-20/h1-12,20,22H. The Hall–Kier alpha value is -3.14. The first kappa shape index (κ1) is 14.5. The summed E-state index contributed by atoms with van der Waals surface area (Å²) in [6, 6.07) is 19.2. The van der Waals surface area contributed by atoms with Crippen molar-refractivity contribution in [3.63, 3.8) is 0 Å². The van der Waals surface area contributed by atoms with E-state index in [0.29, 0.717) is 28.9 Å². The minimum absolute atomic E-state index is 0.315. The Morgan fingerprint density at radius 3 is 2.46 bits per heavy atom. The molecule has 1 aliphatic heterocycles. The molecule has 0 radical (unpaired) electrons. The lowest BCUT2D eigenvalue weighted by molar-refractivity contribution is 0.112. The van der Waals surface area contributed by atoms with Crippen molar-refractivity contribution in [2.45, 2.75) is 6.04 Å². The van der Waals surface area contributed by atoms with Crippen molar-refractivity contribution in [3.8, 4) is 11.5 Å². The number of ether oxygens (including phenoxy) is 1. The Labute approximate surface area is 138 Å². The second-order valence-electron chi connectivity index (χ2n) is 5.61. The predicted molar refractivity (Wildman–Crippen MR) is 90.2 cm³/mol. The van der Waals surface area contributed by atoms with Crippen LogP contribution in [0.2, 0.25) is 0 Å². The molecule has 0 saturated carbocycles. The van der Waals surface area contributed by atoms with Crippen molar-refractivity contribution >= 4 is 12.0 Å². The van der Waals surface area contributed by atoms with Crippen molar-refractivity contribution in [1.29, 1.82) is 0 Å². The number of anilines is 1. The Bertz CT molecular complexity index is 923. The molecule has 1 atom stereocenters. The van der Waals surface area contributed by atoms with E-state index >= 15 is 0 Å². The zero-order valence-electron chi connectivity index (χ0n) is 12.7. The molecule has 4 rings (SSSR count). The van der Waals surface area contributed by atoms with Crippen LogP contribution in [0.15, 0.2) is 66.7 Å². The maximum atomic E-state index is 14.6.